The summed E-state index contributed by atoms with van der Waals surface area (Å²) in [5.74, 6) is -0.407. The summed E-state index contributed by atoms with van der Waals surface area (Å²) in [6.07, 6.45) is -1.51. The van der Waals surface area contributed by atoms with Gasteiger partial charge in [-0.1, -0.05) is 37.1 Å². The number of rotatable bonds is 4. The fourth-order valence-electron chi connectivity index (χ4n) is 5.54. The van der Waals surface area contributed by atoms with E-state index in [-0.39, 0.29) is 17.0 Å². The SMILES string of the molecule is OC1CCCc2nc(C3CCCC3)c(C(F)c3ccc(C(F)(F)F)cc3)c(-c3ccc(F)cc3)c21. The predicted molar refractivity (Wildman–Crippen MR) is 123 cm³/mol. The number of benzene rings is 2. The van der Waals surface area contributed by atoms with Gasteiger partial charge in [-0.2, -0.15) is 13.2 Å². The van der Waals surface area contributed by atoms with Crippen LogP contribution in [0.25, 0.3) is 11.1 Å². The number of hydrogen-bond acceptors (Lipinski definition) is 2. The Kier molecular flexibility index (Phi) is 6.38. The molecule has 0 amide bonds. The molecule has 0 bridgehead atoms. The van der Waals surface area contributed by atoms with Gasteiger partial charge in [0, 0.05) is 22.7 Å². The van der Waals surface area contributed by atoms with Crippen LogP contribution in [-0.4, -0.2) is 10.1 Å². The zero-order valence-electron chi connectivity index (χ0n) is 19.1. The Morgan fingerprint density at radius 3 is 2.17 bits per heavy atom. The molecular weight excluding hydrogens is 461 g/mol. The Labute approximate surface area is 200 Å². The normalized spacial score (nSPS) is 19.5. The van der Waals surface area contributed by atoms with Gasteiger partial charge in [0.05, 0.1) is 17.4 Å². The van der Waals surface area contributed by atoms with Gasteiger partial charge in [-0.15, -0.1) is 0 Å². The number of aryl methyl sites for hydroxylation is 1. The van der Waals surface area contributed by atoms with Crippen molar-refractivity contribution in [1.29, 1.82) is 0 Å². The second kappa shape index (κ2) is 9.34. The molecule has 2 aliphatic carbocycles. The fourth-order valence-corrected chi connectivity index (χ4v) is 5.54. The van der Waals surface area contributed by atoms with Crippen LogP contribution in [-0.2, 0) is 12.6 Å². The zero-order chi connectivity index (χ0) is 24.7. The fraction of sp³-hybridized carbons (Fsp3) is 0.393. The maximum absolute atomic E-state index is 16.5. The molecule has 7 heteroatoms. The summed E-state index contributed by atoms with van der Waals surface area (Å²) in [6.45, 7) is 0. The molecule has 1 fully saturated rings. The lowest BCUT2D eigenvalue weighted by Gasteiger charge is -2.30. The number of halogens is 5. The summed E-state index contributed by atoms with van der Waals surface area (Å²) < 4.78 is 69.5. The molecule has 0 aliphatic heterocycles. The first-order chi connectivity index (χ1) is 16.7. The van der Waals surface area contributed by atoms with Crippen molar-refractivity contribution in [3.05, 3.63) is 88.0 Å². The summed E-state index contributed by atoms with van der Waals surface area (Å²) in [5.41, 5.74) is 2.48. The van der Waals surface area contributed by atoms with Crippen molar-refractivity contribution in [1.82, 2.24) is 4.98 Å². The van der Waals surface area contributed by atoms with E-state index in [9.17, 15) is 22.7 Å². The first kappa shape index (κ1) is 23.9. The Balaban J connectivity index is 1.75. The van der Waals surface area contributed by atoms with Gasteiger partial charge in [0.2, 0.25) is 0 Å². The van der Waals surface area contributed by atoms with E-state index in [2.05, 4.69) is 0 Å². The third-order valence-electron chi connectivity index (χ3n) is 7.26. The first-order valence-corrected chi connectivity index (χ1v) is 12.1. The standard InChI is InChI=1S/C28H26F5NO/c29-20-14-10-16(11-15-20)23-24-21(6-3-7-22(24)35)34-27(18-4-1-2-5-18)25(23)26(30)17-8-12-19(13-9-17)28(31,32)33/h8-15,18,22,26,35H,1-7H2. The van der Waals surface area contributed by atoms with Gasteiger partial charge in [0.15, 0.2) is 6.17 Å². The molecule has 0 spiro atoms. The number of alkyl halides is 4. The molecule has 0 saturated heterocycles. The highest BCUT2D eigenvalue weighted by Gasteiger charge is 2.35. The van der Waals surface area contributed by atoms with Gasteiger partial charge < -0.3 is 5.11 Å². The molecule has 2 aromatic carbocycles. The summed E-state index contributed by atoms with van der Waals surface area (Å²) in [7, 11) is 0. The number of fused-ring (bicyclic) bond motifs is 1. The number of pyridine rings is 1. The topological polar surface area (TPSA) is 33.1 Å². The Bertz CT molecular complexity index is 1200. The third kappa shape index (κ3) is 4.58. The van der Waals surface area contributed by atoms with Crippen LogP contribution >= 0.6 is 0 Å². The Morgan fingerprint density at radius 1 is 0.886 bits per heavy atom. The van der Waals surface area contributed by atoms with Crippen LogP contribution in [0.5, 0.6) is 0 Å². The summed E-state index contributed by atoms with van der Waals surface area (Å²) >= 11 is 0. The lowest BCUT2D eigenvalue weighted by atomic mass is 9.80. The number of nitrogens with zero attached hydrogens (tertiary/aromatic N) is 1. The second-order valence-corrected chi connectivity index (χ2v) is 9.52. The largest absolute Gasteiger partial charge is 0.416 e. The smallest absolute Gasteiger partial charge is 0.388 e. The highest BCUT2D eigenvalue weighted by molar-refractivity contribution is 5.75. The van der Waals surface area contributed by atoms with E-state index in [1.807, 2.05) is 0 Å². The molecule has 1 saturated carbocycles. The molecule has 2 nitrogen and oxygen atoms in total. The number of aliphatic hydroxyl groups is 1. The van der Waals surface area contributed by atoms with E-state index in [0.717, 1.165) is 62.1 Å². The maximum atomic E-state index is 16.5. The van der Waals surface area contributed by atoms with Gasteiger partial charge >= 0.3 is 6.18 Å². The molecule has 2 unspecified atom stereocenters. The molecule has 184 valence electrons. The lowest BCUT2D eigenvalue weighted by molar-refractivity contribution is -0.137. The maximum Gasteiger partial charge on any atom is 0.416 e. The second-order valence-electron chi connectivity index (χ2n) is 9.52. The van der Waals surface area contributed by atoms with Crippen molar-refractivity contribution in [2.45, 2.75) is 69.3 Å². The van der Waals surface area contributed by atoms with Crippen LogP contribution in [0.4, 0.5) is 22.0 Å². The van der Waals surface area contributed by atoms with Gasteiger partial charge in [0.25, 0.3) is 0 Å². The van der Waals surface area contributed by atoms with Crippen molar-refractivity contribution in [3.8, 4) is 11.1 Å². The molecule has 1 aromatic heterocycles. The van der Waals surface area contributed by atoms with Gasteiger partial charge in [-0.3, -0.25) is 4.98 Å². The zero-order valence-corrected chi connectivity index (χ0v) is 19.1. The first-order valence-electron chi connectivity index (χ1n) is 12.1. The average Bonchev–Trinajstić information content (AvgIpc) is 3.38. The molecule has 2 atom stereocenters. The minimum absolute atomic E-state index is 0.0290. The summed E-state index contributed by atoms with van der Waals surface area (Å²) in [6, 6.07) is 9.81. The van der Waals surface area contributed by atoms with Crippen molar-refractivity contribution < 1.29 is 27.1 Å². The lowest BCUT2D eigenvalue weighted by Crippen LogP contribution is -2.19. The van der Waals surface area contributed by atoms with Crippen molar-refractivity contribution in [2.75, 3.05) is 0 Å². The molecule has 1 N–H and O–H groups in total. The quantitative estimate of drug-likeness (QED) is 0.378. The van der Waals surface area contributed by atoms with E-state index in [1.54, 1.807) is 12.1 Å². The van der Waals surface area contributed by atoms with Crippen LogP contribution in [0.2, 0.25) is 0 Å². The van der Waals surface area contributed by atoms with Crippen LogP contribution in [0.1, 0.15) is 90.4 Å². The van der Waals surface area contributed by atoms with Gasteiger partial charge in [0.1, 0.15) is 5.82 Å². The monoisotopic (exact) mass is 487 g/mol. The highest BCUT2D eigenvalue weighted by atomic mass is 19.4. The average molecular weight is 488 g/mol. The van der Waals surface area contributed by atoms with Crippen molar-refractivity contribution in [2.24, 2.45) is 0 Å². The molecule has 3 aromatic rings. The van der Waals surface area contributed by atoms with Crippen molar-refractivity contribution in [3.63, 3.8) is 0 Å². The minimum atomic E-state index is -4.52. The molecular formula is C28H26F5NO. The van der Waals surface area contributed by atoms with E-state index >= 15 is 4.39 Å². The third-order valence-corrected chi connectivity index (χ3v) is 7.26. The molecule has 5 rings (SSSR count). The van der Waals surface area contributed by atoms with E-state index < -0.39 is 29.8 Å². The number of aliphatic hydroxyl groups excluding tert-OH is 1. The van der Waals surface area contributed by atoms with Crippen LogP contribution in [0.15, 0.2) is 48.5 Å². The molecule has 2 aliphatic rings. The molecule has 0 radical (unpaired) electrons. The van der Waals surface area contributed by atoms with Crippen LogP contribution in [0.3, 0.4) is 0 Å². The Hall–Kier alpha value is -2.80. The summed E-state index contributed by atoms with van der Waals surface area (Å²) in [5, 5.41) is 11.0. The van der Waals surface area contributed by atoms with E-state index in [4.69, 9.17) is 4.98 Å². The number of aromatic nitrogens is 1. The Morgan fingerprint density at radius 2 is 1.54 bits per heavy atom. The van der Waals surface area contributed by atoms with Gasteiger partial charge in [-0.25, -0.2) is 8.78 Å². The van der Waals surface area contributed by atoms with E-state index in [0.29, 0.717) is 35.2 Å². The highest BCUT2D eigenvalue weighted by Crippen LogP contribution is 2.48. The van der Waals surface area contributed by atoms with E-state index in [1.165, 1.54) is 12.1 Å². The molecule has 1 heterocycles. The number of hydrogen-bond donors (Lipinski definition) is 1. The van der Waals surface area contributed by atoms with Crippen LogP contribution < -0.4 is 0 Å². The van der Waals surface area contributed by atoms with Crippen LogP contribution in [0, 0.1) is 5.82 Å². The van der Waals surface area contributed by atoms with Crippen molar-refractivity contribution >= 4 is 0 Å². The van der Waals surface area contributed by atoms with Gasteiger partial charge in [-0.05, 0) is 73.1 Å². The minimum Gasteiger partial charge on any atom is -0.388 e. The summed E-state index contributed by atoms with van der Waals surface area (Å²) in [4.78, 5) is 4.90. The molecule has 35 heavy (non-hydrogen) atoms. The predicted octanol–water partition coefficient (Wildman–Crippen LogP) is 7.99.